The molecule has 0 saturated carbocycles. The topological polar surface area (TPSA) is 67.6 Å². The largest absolute Gasteiger partial charge is 0.462 e. The van der Waals surface area contributed by atoms with Crippen LogP contribution in [0.5, 0.6) is 0 Å². The summed E-state index contributed by atoms with van der Waals surface area (Å²) in [5, 5.41) is 13.2. The van der Waals surface area contributed by atoms with Crippen molar-refractivity contribution in [2.24, 2.45) is 7.05 Å². The first-order chi connectivity index (χ1) is 10.2. The predicted molar refractivity (Wildman–Crippen MR) is 78.9 cm³/mol. The Balaban J connectivity index is 2.08. The van der Waals surface area contributed by atoms with E-state index >= 15 is 0 Å². The van der Waals surface area contributed by atoms with Gasteiger partial charge in [0, 0.05) is 26.2 Å². The Kier molecular flexibility index (Phi) is 5.76. The number of likely N-dealkylation sites (tertiary alicyclic amines) is 1. The third-order valence-corrected chi connectivity index (χ3v) is 4.10. The number of aryl methyl sites for hydroxylation is 1. The van der Waals surface area contributed by atoms with Gasteiger partial charge >= 0.3 is 5.97 Å². The van der Waals surface area contributed by atoms with Crippen molar-refractivity contribution in [3.05, 3.63) is 17.5 Å². The molecule has 1 saturated heterocycles. The Morgan fingerprint density at radius 2 is 2.38 bits per heavy atom. The van der Waals surface area contributed by atoms with Crippen LogP contribution in [0.25, 0.3) is 0 Å². The van der Waals surface area contributed by atoms with Gasteiger partial charge in [0.2, 0.25) is 0 Å². The smallest absolute Gasteiger partial charge is 0.341 e. The molecule has 6 heteroatoms. The lowest BCUT2D eigenvalue weighted by molar-refractivity contribution is 0.0523. The van der Waals surface area contributed by atoms with E-state index in [1.54, 1.807) is 17.8 Å². The molecule has 1 aromatic rings. The summed E-state index contributed by atoms with van der Waals surface area (Å²) < 4.78 is 6.85. The van der Waals surface area contributed by atoms with Crippen molar-refractivity contribution in [3.63, 3.8) is 0 Å². The molecular weight excluding hydrogens is 270 g/mol. The molecule has 21 heavy (non-hydrogen) atoms. The summed E-state index contributed by atoms with van der Waals surface area (Å²) in [7, 11) is 1.86. The fourth-order valence-corrected chi connectivity index (χ4v) is 2.98. The van der Waals surface area contributed by atoms with Crippen molar-refractivity contribution in [1.29, 1.82) is 0 Å². The van der Waals surface area contributed by atoms with Crippen molar-refractivity contribution < 1.29 is 14.6 Å². The molecular formula is C15H25N3O3. The number of aromatic nitrogens is 2. The predicted octanol–water partition coefficient (Wildman–Crippen LogP) is 1.33. The van der Waals surface area contributed by atoms with E-state index in [0.29, 0.717) is 24.8 Å². The second-order valence-corrected chi connectivity index (χ2v) is 5.48. The average molecular weight is 295 g/mol. The third-order valence-electron chi connectivity index (χ3n) is 4.10. The molecule has 2 rings (SSSR count). The van der Waals surface area contributed by atoms with Crippen LogP contribution in [0.3, 0.4) is 0 Å². The lowest BCUT2D eigenvalue weighted by Gasteiger charge is -2.24. The number of carbonyl (C=O) groups is 1. The maximum atomic E-state index is 12.0. The minimum atomic E-state index is -0.299. The highest BCUT2D eigenvalue weighted by molar-refractivity contribution is 5.90. The van der Waals surface area contributed by atoms with Crippen LogP contribution in [0.15, 0.2) is 6.20 Å². The Bertz CT molecular complexity index is 473. The van der Waals surface area contributed by atoms with Crippen LogP contribution in [0.2, 0.25) is 0 Å². The van der Waals surface area contributed by atoms with Gasteiger partial charge in [-0.3, -0.25) is 9.58 Å². The molecule has 118 valence electrons. The minimum Gasteiger partial charge on any atom is -0.462 e. The summed E-state index contributed by atoms with van der Waals surface area (Å²) >= 11 is 0. The van der Waals surface area contributed by atoms with Gasteiger partial charge in [0.05, 0.1) is 18.5 Å². The summed E-state index contributed by atoms with van der Waals surface area (Å²) in [5.74, 6) is -0.299. The highest BCUT2D eigenvalue weighted by Crippen LogP contribution is 2.24. The molecule has 1 N–H and O–H groups in total. The van der Waals surface area contributed by atoms with E-state index in [-0.39, 0.29) is 12.6 Å². The van der Waals surface area contributed by atoms with Gasteiger partial charge < -0.3 is 9.84 Å². The SMILES string of the molecule is CCOC(=O)c1cnn(C)c1CN1CCCC1CCCO. The van der Waals surface area contributed by atoms with Crippen LogP contribution in [0.4, 0.5) is 0 Å². The number of ether oxygens (including phenoxy) is 1. The van der Waals surface area contributed by atoms with Gasteiger partial charge in [-0.2, -0.15) is 5.10 Å². The highest BCUT2D eigenvalue weighted by Gasteiger charge is 2.27. The van der Waals surface area contributed by atoms with E-state index in [2.05, 4.69) is 10.00 Å². The van der Waals surface area contributed by atoms with Gasteiger partial charge in [0.15, 0.2) is 0 Å². The Morgan fingerprint density at radius 1 is 1.57 bits per heavy atom. The van der Waals surface area contributed by atoms with E-state index in [9.17, 15) is 4.79 Å². The summed E-state index contributed by atoms with van der Waals surface area (Å²) in [6.45, 7) is 4.16. The molecule has 0 bridgehead atoms. The van der Waals surface area contributed by atoms with Gasteiger partial charge in [0.1, 0.15) is 5.56 Å². The van der Waals surface area contributed by atoms with Crippen LogP contribution in [0, 0.1) is 0 Å². The maximum Gasteiger partial charge on any atom is 0.341 e. The minimum absolute atomic E-state index is 0.240. The number of aliphatic hydroxyl groups excluding tert-OH is 1. The molecule has 0 amide bonds. The molecule has 0 aliphatic carbocycles. The van der Waals surface area contributed by atoms with E-state index < -0.39 is 0 Å². The van der Waals surface area contributed by atoms with Crippen molar-refractivity contribution in [3.8, 4) is 0 Å². The molecule has 1 fully saturated rings. The van der Waals surface area contributed by atoms with Gasteiger partial charge in [-0.05, 0) is 39.2 Å². The van der Waals surface area contributed by atoms with Gasteiger partial charge in [-0.1, -0.05) is 0 Å². The number of nitrogens with zero attached hydrogens (tertiary/aromatic N) is 3. The number of aliphatic hydroxyl groups is 1. The zero-order valence-electron chi connectivity index (χ0n) is 12.9. The fourth-order valence-electron chi connectivity index (χ4n) is 2.98. The maximum absolute atomic E-state index is 12.0. The number of carbonyl (C=O) groups excluding carboxylic acids is 1. The second-order valence-electron chi connectivity index (χ2n) is 5.48. The molecule has 0 radical (unpaired) electrons. The first-order valence-corrected chi connectivity index (χ1v) is 7.70. The van der Waals surface area contributed by atoms with E-state index in [4.69, 9.17) is 9.84 Å². The van der Waals surface area contributed by atoms with Crippen LogP contribution in [0.1, 0.15) is 48.7 Å². The summed E-state index contributed by atoms with van der Waals surface area (Å²) in [6, 6.07) is 0.488. The van der Waals surface area contributed by atoms with Gasteiger partial charge in [-0.25, -0.2) is 4.79 Å². The number of rotatable bonds is 7. The molecule has 6 nitrogen and oxygen atoms in total. The van der Waals surface area contributed by atoms with E-state index in [1.165, 1.54) is 6.42 Å². The van der Waals surface area contributed by atoms with Gasteiger partial charge in [0.25, 0.3) is 0 Å². The molecule has 1 aliphatic rings. The summed E-state index contributed by atoms with van der Waals surface area (Å²) in [5.41, 5.74) is 1.47. The van der Waals surface area contributed by atoms with Crippen LogP contribution < -0.4 is 0 Å². The normalized spacial score (nSPS) is 19.1. The lowest BCUT2D eigenvalue weighted by atomic mass is 10.1. The Morgan fingerprint density at radius 3 is 3.10 bits per heavy atom. The van der Waals surface area contributed by atoms with E-state index in [0.717, 1.165) is 31.5 Å². The molecule has 1 unspecified atom stereocenters. The second kappa shape index (κ2) is 7.56. The summed E-state index contributed by atoms with van der Waals surface area (Å²) in [4.78, 5) is 14.4. The molecule has 1 atom stereocenters. The summed E-state index contributed by atoms with van der Waals surface area (Å²) in [6.07, 6.45) is 5.75. The standard InChI is InChI=1S/C15H25N3O3/c1-3-21-15(20)13-10-16-17(2)14(13)11-18-8-4-6-12(18)7-5-9-19/h10,12,19H,3-9,11H2,1-2H3. The highest BCUT2D eigenvalue weighted by atomic mass is 16.5. The first-order valence-electron chi connectivity index (χ1n) is 7.70. The molecule has 0 aromatic carbocycles. The third kappa shape index (κ3) is 3.83. The number of esters is 1. The Labute approximate surface area is 125 Å². The zero-order chi connectivity index (χ0) is 15.2. The molecule has 1 aliphatic heterocycles. The number of hydrogen-bond donors (Lipinski definition) is 1. The molecule has 1 aromatic heterocycles. The van der Waals surface area contributed by atoms with Crippen molar-refractivity contribution in [2.75, 3.05) is 19.8 Å². The van der Waals surface area contributed by atoms with Crippen molar-refractivity contribution >= 4 is 5.97 Å². The van der Waals surface area contributed by atoms with E-state index in [1.807, 2.05) is 7.05 Å². The van der Waals surface area contributed by atoms with Crippen LogP contribution in [-0.4, -0.2) is 51.6 Å². The van der Waals surface area contributed by atoms with Crippen LogP contribution in [-0.2, 0) is 18.3 Å². The first kappa shape index (κ1) is 16.0. The molecule has 2 heterocycles. The van der Waals surface area contributed by atoms with Crippen molar-refractivity contribution in [1.82, 2.24) is 14.7 Å². The zero-order valence-corrected chi connectivity index (χ0v) is 12.9. The van der Waals surface area contributed by atoms with Gasteiger partial charge in [-0.15, -0.1) is 0 Å². The monoisotopic (exact) mass is 295 g/mol. The lowest BCUT2D eigenvalue weighted by Crippen LogP contribution is -2.30. The quantitative estimate of drug-likeness (QED) is 0.769. The average Bonchev–Trinajstić information content (AvgIpc) is 3.05. The number of hydrogen-bond acceptors (Lipinski definition) is 5. The van der Waals surface area contributed by atoms with Crippen molar-refractivity contribution in [2.45, 2.75) is 45.2 Å². The van der Waals surface area contributed by atoms with Crippen LogP contribution >= 0.6 is 0 Å². The Hall–Kier alpha value is -1.40. The molecule has 0 spiro atoms. The fraction of sp³-hybridized carbons (Fsp3) is 0.733.